The summed E-state index contributed by atoms with van der Waals surface area (Å²) in [6, 6.07) is 0. The van der Waals surface area contributed by atoms with Crippen molar-refractivity contribution in [3.8, 4) is 0 Å². The molecule has 0 saturated carbocycles. The maximum atomic E-state index is 11.5. The molecule has 0 saturated heterocycles. The summed E-state index contributed by atoms with van der Waals surface area (Å²) < 4.78 is 27.0. The maximum Gasteiger partial charge on any atom is 0.221 e. The van der Waals surface area contributed by atoms with Crippen molar-refractivity contribution in [3.05, 3.63) is 23.3 Å². The zero-order valence-corrected chi connectivity index (χ0v) is 10.2. The first-order valence-corrected chi connectivity index (χ1v) is 6.44. The molecule has 1 aliphatic rings. The lowest BCUT2D eigenvalue weighted by Gasteiger charge is -2.33. The Morgan fingerprint density at radius 2 is 2.27 bits per heavy atom. The van der Waals surface area contributed by atoms with E-state index >= 15 is 0 Å². The van der Waals surface area contributed by atoms with Gasteiger partial charge in [-0.25, -0.2) is 13.6 Å². The minimum Gasteiger partial charge on any atom is -0.372 e. The number of halogens is 1. The first kappa shape index (κ1) is 12.7. The summed E-state index contributed by atoms with van der Waals surface area (Å²) in [7, 11) is -3.77. The Balaban J connectivity index is 3.17. The molecule has 0 heterocycles. The number of hydrogen-bond donors (Lipinski definition) is 1. The predicted octanol–water partition coefficient (Wildman–Crippen LogP) is 1.13. The van der Waals surface area contributed by atoms with Gasteiger partial charge in [-0.1, -0.05) is 17.7 Å². The van der Waals surface area contributed by atoms with Gasteiger partial charge in [-0.05, 0) is 26.0 Å². The van der Waals surface area contributed by atoms with Gasteiger partial charge in [0.15, 0.2) is 0 Å². The second-order valence-electron chi connectivity index (χ2n) is 3.49. The minimum absolute atomic E-state index is 0.350. The number of rotatable bonds is 3. The monoisotopic (exact) mass is 251 g/mol. The van der Waals surface area contributed by atoms with Gasteiger partial charge in [0.2, 0.25) is 10.0 Å². The van der Waals surface area contributed by atoms with Crippen LogP contribution < -0.4 is 5.14 Å². The van der Waals surface area contributed by atoms with E-state index in [4.69, 9.17) is 21.5 Å². The zero-order chi connectivity index (χ0) is 11.7. The molecule has 0 amide bonds. The van der Waals surface area contributed by atoms with Gasteiger partial charge in [0.25, 0.3) is 0 Å². The quantitative estimate of drug-likeness (QED) is 0.818. The van der Waals surface area contributed by atoms with E-state index in [1.807, 2.05) is 0 Å². The van der Waals surface area contributed by atoms with Crippen LogP contribution in [-0.4, -0.2) is 25.9 Å². The van der Waals surface area contributed by atoms with E-state index in [1.54, 1.807) is 19.1 Å². The van der Waals surface area contributed by atoms with E-state index < -0.39 is 20.9 Å². The van der Waals surface area contributed by atoms with Crippen molar-refractivity contribution in [3.63, 3.8) is 0 Å². The van der Waals surface area contributed by atoms with Crippen LogP contribution in [0.4, 0.5) is 0 Å². The Labute approximate surface area is 94.8 Å². The number of primary sulfonamides is 1. The van der Waals surface area contributed by atoms with Crippen LogP contribution in [0, 0.1) is 0 Å². The Morgan fingerprint density at radius 1 is 1.67 bits per heavy atom. The van der Waals surface area contributed by atoms with Gasteiger partial charge in [0.1, 0.15) is 10.9 Å². The Bertz CT molecular complexity index is 402. The molecule has 15 heavy (non-hydrogen) atoms. The second kappa shape index (κ2) is 4.25. The molecule has 2 N–H and O–H groups in total. The highest BCUT2D eigenvalue weighted by Gasteiger charge is 2.43. The van der Waals surface area contributed by atoms with Crippen molar-refractivity contribution >= 4 is 21.6 Å². The lowest BCUT2D eigenvalue weighted by atomic mass is 9.98. The van der Waals surface area contributed by atoms with Gasteiger partial charge >= 0.3 is 0 Å². The smallest absolute Gasteiger partial charge is 0.221 e. The maximum absolute atomic E-state index is 11.5. The molecular weight excluding hydrogens is 238 g/mol. The summed E-state index contributed by atoms with van der Waals surface area (Å²) in [5, 5.41) is 5.53. The summed E-state index contributed by atoms with van der Waals surface area (Å²) in [5.74, 6) is 0. The van der Waals surface area contributed by atoms with Crippen LogP contribution in [0.1, 0.15) is 13.8 Å². The van der Waals surface area contributed by atoms with Crippen LogP contribution in [0.3, 0.4) is 0 Å². The van der Waals surface area contributed by atoms with Crippen LogP contribution >= 0.6 is 11.6 Å². The molecule has 0 aromatic heterocycles. The molecule has 0 aromatic carbocycles. The molecule has 0 radical (unpaired) electrons. The first-order chi connectivity index (χ1) is 6.81. The molecule has 2 atom stereocenters. The highest BCUT2D eigenvalue weighted by Crippen LogP contribution is 2.31. The van der Waals surface area contributed by atoms with Crippen LogP contribution in [-0.2, 0) is 14.8 Å². The molecule has 0 aromatic rings. The van der Waals surface area contributed by atoms with E-state index in [-0.39, 0.29) is 0 Å². The second-order valence-corrected chi connectivity index (χ2v) is 5.90. The number of hydrogen-bond acceptors (Lipinski definition) is 3. The molecule has 86 valence electrons. The van der Waals surface area contributed by atoms with Gasteiger partial charge in [0.05, 0.1) is 0 Å². The van der Waals surface area contributed by atoms with Crippen LogP contribution in [0.2, 0.25) is 0 Å². The highest BCUT2D eigenvalue weighted by atomic mass is 35.5. The summed E-state index contributed by atoms with van der Waals surface area (Å²) in [6.45, 7) is 3.69. The molecule has 4 nitrogen and oxygen atoms in total. The van der Waals surface area contributed by atoms with Gasteiger partial charge in [-0.15, -0.1) is 0 Å². The van der Waals surface area contributed by atoms with Gasteiger partial charge in [0, 0.05) is 11.6 Å². The third kappa shape index (κ3) is 2.42. The number of ether oxygens (including phenoxy) is 1. The van der Waals surface area contributed by atoms with Crippen molar-refractivity contribution in [2.45, 2.75) is 24.7 Å². The standard InChI is InChI=1S/C9H14ClNO3S/c1-3-14-8-5-4-7(10)6-9(8,2)15(11,12)13/h4-6,8H,3H2,1-2H3,(H2,11,12,13). The van der Waals surface area contributed by atoms with E-state index in [0.29, 0.717) is 11.6 Å². The molecule has 1 rings (SSSR count). The normalized spacial score (nSPS) is 31.5. The molecule has 0 fully saturated rings. The molecular formula is C9H14ClNO3S. The average molecular weight is 252 g/mol. The topological polar surface area (TPSA) is 69.4 Å². The van der Waals surface area contributed by atoms with Crippen molar-refractivity contribution in [2.24, 2.45) is 5.14 Å². The van der Waals surface area contributed by atoms with Gasteiger partial charge in [-0.3, -0.25) is 0 Å². The molecule has 0 bridgehead atoms. The van der Waals surface area contributed by atoms with Crippen LogP contribution in [0.5, 0.6) is 0 Å². The molecule has 6 heteroatoms. The predicted molar refractivity (Wildman–Crippen MR) is 60.0 cm³/mol. The van der Waals surface area contributed by atoms with Crippen LogP contribution in [0.25, 0.3) is 0 Å². The Hall–Kier alpha value is -0.360. The molecule has 0 spiro atoms. The minimum atomic E-state index is -3.77. The van der Waals surface area contributed by atoms with Crippen LogP contribution in [0.15, 0.2) is 23.3 Å². The molecule has 0 aliphatic heterocycles. The summed E-state index contributed by atoms with van der Waals surface area (Å²) in [6.07, 6.45) is 4.02. The fraction of sp³-hybridized carbons (Fsp3) is 0.556. The van der Waals surface area contributed by atoms with Crippen molar-refractivity contribution in [1.82, 2.24) is 0 Å². The fourth-order valence-electron chi connectivity index (χ4n) is 1.42. The Morgan fingerprint density at radius 3 is 2.73 bits per heavy atom. The van der Waals surface area contributed by atoms with Crippen molar-refractivity contribution in [1.29, 1.82) is 0 Å². The van der Waals surface area contributed by atoms with E-state index in [9.17, 15) is 8.42 Å². The summed E-state index contributed by atoms with van der Waals surface area (Å²) in [4.78, 5) is 0. The SMILES string of the molecule is CCOC1C=CC(Cl)=CC1(C)S(N)(=O)=O. The molecule has 2 unspecified atom stereocenters. The Kier molecular flexibility index (Phi) is 3.60. The molecule has 1 aliphatic carbocycles. The first-order valence-electron chi connectivity index (χ1n) is 4.51. The number of nitrogens with two attached hydrogens (primary N) is 1. The zero-order valence-electron chi connectivity index (χ0n) is 8.60. The summed E-state index contributed by atoms with van der Waals surface area (Å²) in [5.41, 5.74) is 0. The van der Waals surface area contributed by atoms with Crippen molar-refractivity contribution in [2.75, 3.05) is 6.61 Å². The fourth-order valence-corrected chi connectivity index (χ4v) is 2.54. The number of allylic oxidation sites excluding steroid dienone is 2. The van der Waals surface area contributed by atoms with Gasteiger partial charge in [-0.2, -0.15) is 0 Å². The average Bonchev–Trinajstić information content (AvgIpc) is 2.08. The van der Waals surface area contributed by atoms with E-state index in [1.165, 1.54) is 13.0 Å². The summed E-state index contributed by atoms with van der Waals surface area (Å²) >= 11 is 5.77. The number of sulfonamides is 1. The van der Waals surface area contributed by atoms with Gasteiger partial charge < -0.3 is 4.74 Å². The van der Waals surface area contributed by atoms with E-state index in [0.717, 1.165) is 0 Å². The largest absolute Gasteiger partial charge is 0.372 e. The third-order valence-electron chi connectivity index (χ3n) is 2.38. The van der Waals surface area contributed by atoms with Crippen molar-refractivity contribution < 1.29 is 13.2 Å². The highest BCUT2D eigenvalue weighted by molar-refractivity contribution is 7.90. The van der Waals surface area contributed by atoms with E-state index in [2.05, 4.69) is 0 Å². The third-order valence-corrected chi connectivity index (χ3v) is 4.19. The lowest BCUT2D eigenvalue weighted by Crippen LogP contribution is -2.50. The lowest BCUT2D eigenvalue weighted by molar-refractivity contribution is 0.0790.